The van der Waals surface area contributed by atoms with Gasteiger partial charge in [-0.1, -0.05) is 0 Å². The molecule has 104 valence electrons. The van der Waals surface area contributed by atoms with E-state index in [1.165, 1.54) is 0 Å². The summed E-state index contributed by atoms with van der Waals surface area (Å²) in [5.41, 5.74) is -0.373. The van der Waals surface area contributed by atoms with E-state index in [1.54, 1.807) is 0 Å². The number of hydrogen-bond donors (Lipinski definition) is 1. The maximum absolute atomic E-state index is 9.06. The summed E-state index contributed by atoms with van der Waals surface area (Å²) >= 11 is 0. The number of nitrogens with zero attached hydrogens (tertiary/aromatic N) is 2. The van der Waals surface area contributed by atoms with E-state index in [0.717, 1.165) is 38.8 Å². The molecule has 0 amide bonds. The molecule has 1 aliphatic heterocycles. The van der Waals surface area contributed by atoms with E-state index < -0.39 is 0 Å². The third-order valence-electron chi connectivity index (χ3n) is 4.14. The van der Waals surface area contributed by atoms with Crippen molar-refractivity contribution in [2.24, 2.45) is 0 Å². The summed E-state index contributed by atoms with van der Waals surface area (Å²) in [6, 6.07) is 2.90. The molecule has 1 rings (SSSR count). The highest BCUT2D eigenvalue weighted by Crippen LogP contribution is 2.19. The van der Waals surface area contributed by atoms with Gasteiger partial charge in [-0.2, -0.15) is 5.26 Å². The molecule has 1 aliphatic rings. The van der Waals surface area contributed by atoms with Crippen LogP contribution in [0.5, 0.6) is 0 Å². The Labute approximate surface area is 111 Å². The van der Waals surface area contributed by atoms with Gasteiger partial charge in [0, 0.05) is 12.6 Å². The summed E-state index contributed by atoms with van der Waals surface area (Å²) in [5, 5.41) is 12.1. The minimum absolute atomic E-state index is 0.358. The fourth-order valence-corrected chi connectivity index (χ4v) is 2.54. The molecular formula is C14H27N3O. The molecule has 0 bridgehead atoms. The predicted molar refractivity (Wildman–Crippen MR) is 73.4 cm³/mol. The third-order valence-corrected chi connectivity index (χ3v) is 4.14. The zero-order valence-corrected chi connectivity index (χ0v) is 12.2. The van der Waals surface area contributed by atoms with E-state index in [2.05, 4.69) is 30.3 Å². The number of unbranched alkanes of at least 4 members (excludes halogenated alkanes) is 1. The molecule has 0 aromatic heterocycles. The lowest BCUT2D eigenvalue weighted by molar-refractivity contribution is 0.0830. The van der Waals surface area contributed by atoms with Crippen LogP contribution in [0.2, 0.25) is 0 Å². The lowest BCUT2D eigenvalue weighted by atomic mass is 9.97. The molecule has 1 N–H and O–H groups in total. The van der Waals surface area contributed by atoms with Crippen LogP contribution < -0.4 is 5.32 Å². The monoisotopic (exact) mass is 253 g/mol. The lowest BCUT2D eigenvalue weighted by Gasteiger charge is -2.27. The SMILES string of the molecule is CNC(C)(C#N)CCCCN(C)C1CCOC1C. The van der Waals surface area contributed by atoms with E-state index in [1.807, 2.05) is 14.0 Å². The van der Waals surface area contributed by atoms with Crippen molar-refractivity contribution in [1.82, 2.24) is 10.2 Å². The van der Waals surface area contributed by atoms with Crippen LogP contribution >= 0.6 is 0 Å². The van der Waals surface area contributed by atoms with Gasteiger partial charge in [-0.05, 0) is 60.2 Å². The fourth-order valence-electron chi connectivity index (χ4n) is 2.54. The van der Waals surface area contributed by atoms with Crippen LogP contribution in [0.15, 0.2) is 0 Å². The first-order chi connectivity index (χ1) is 8.52. The first kappa shape index (κ1) is 15.4. The highest BCUT2D eigenvalue weighted by Gasteiger charge is 2.27. The predicted octanol–water partition coefficient (Wildman–Crippen LogP) is 1.77. The fraction of sp³-hybridized carbons (Fsp3) is 0.929. The Morgan fingerprint density at radius 1 is 1.50 bits per heavy atom. The largest absolute Gasteiger partial charge is 0.377 e. The van der Waals surface area contributed by atoms with E-state index in [4.69, 9.17) is 10.00 Å². The van der Waals surface area contributed by atoms with Crippen LogP contribution in [-0.4, -0.2) is 49.8 Å². The standard InChI is InChI=1S/C14H27N3O/c1-12-13(7-10-18-12)17(4)9-6-5-8-14(2,11-15)16-3/h12-13,16H,5-10H2,1-4H3. The smallest absolute Gasteiger partial charge is 0.103 e. The number of ether oxygens (including phenoxy) is 1. The number of nitriles is 1. The summed E-state index contributed by atoms with van der Waals surface area (Å²) in [4.78, 5) is 2.40. The Balaban J connectivity index is 2.20. The van der Waals surface area contributed by atoms with Crippen LogP contribution in [-0.2, 0) is 4.74 Å². The molecule has 1 saturated heterocycles. The van der Waals surface area contributed by atoms with Crippen molar-refractivity contribution in [3.63, 3.8) is 0 Å². The van der Waals surface area contributed by atoms with Gasteiger partial charge in [-0.25, -0.2) is 0 Å². The van der Waals surface area contributed by atoms with Crippen LogP contribution in [0.4, 0.5) is 0 Å². The van der Waals surface area contributed by atoms with Crippen LogP contribution in [0, 0.1) is 11.3 Å². The Bertz CT molecular complexity index is 289. The summed E-state index contributed by atoms with van der Waals surface area (Å²) in [5.74, 6) is 0. The number of rotatable bonds is 7. The molecule has 18 heavy (non-hydrogen) atoms. The molecule has 1 fully saturated rings. The molecule has 1 heterocycles. The quantitative estimate of drug-likeness (QED) is 0.703. The average Bonchev–Trinajstić information content (AvgIpc) is 2.80. The number of hydrogen-bond acceptors (Lipinski definition) is 4. The first-order valence-electron chi connectivity index (χ1n) is 6.94. The number of likely N-dealkylation sites (N-methyl/N-ethyl adjacent to an activating group) is 1. The van der Waals surface area contributed by atoms with Gasteiger partial charge in [-0.3, -0.25) is 0 Å². The van der Waals surface area contributed by atoms with Crippen molar-refractivity contribution in [2.45, 2.75) is 57.2 Å². The van der Waals surface area contributed by atoms with Gasteiger partial charge >= 0.3 is 0 Å². The van der Waals surface area contributed by atoms with Crippen molar-refractivity contribution in [2.75, 3.05) is 27.2 Å². The van der Waals surface area contributed by atoms with E-state index in [0.29, 0.717) is 12.1 Å². The molecular weight excluding hydrogens is 226 g/mol. The number of nitrogens with one attached hydrogen (secondary N) is 1. The normalized spacial score (nSPS) is 27.1. The molecule has 3 unspecified atom stereocenters. The van der Waals surface area contributed by atoms with Crippen LogP contribution in [0.1, 0.15) is 39.5 Å². The lowest BCUT2D eigenvalue weighted by Crippen LogP contribution is -2.39. The van der Waals surface area contributed by atoms with Gasteiger partial charge < -0.3 is 15.0 Å². The first-order valence-corrected chi connectivity index (χ1v) is 6.94. The Kier molecular flexibility index (Phi) is 6.07. The molecule has 0 aromatic carbocycles. The third kappa shape index (κ3) is 4.24. The van der Waals surface area contributed by atoms with Crippen molar-refractivity contribution >= 4 is 0 Å². The highest BCUT2D eigenvalue weighted by molar-refractivity contribution is 5.02. The topological polar surface area (TPSA) is 48.3 Å². The highest BCUT2D eigenvalue weighted by atomic mass is 16.5. The maximum atomic E-state index is 9.06. The van der Waals surface area contributed by atoms with E-state index in [-0.39, 0.29) is 5.54 Å². The minimum Gasteiger partial charge on any atom is -0.377 e. The molecule has 0 spiro atoms. The van der Waals surface area contributed by atoms with Gasteiger partial charge in [0.05, 0.1) is 12.2 Å². The van der Waals surface area contributed by atoms with Crippen molar-refractivity contribution in [3.8, 4) is 6.07 Å². The molecule has 0 radical (unpaired) electrons. The molecule has 4 nitrogen and oxygen atoms in total. The minimum atomic E-state index is -0.373. The Morgan fingerprint density at radius 2 is 2.22 bits per heavy atom. The second kappa shape index (κ2) is 7.08. The summed E-state index contributed by atoms with van der Waals surface area (Å²) in [6.07, 6.45) is 4.63. The van der Waals surface area contributed by atoms with Crippen molar-refractivity contribution in [1.29, 1.82) is 5.26 Å². The van der Waals surface area contributed by atoms with Gasteiger partial charge in [0.1, 0.15) is 5.54 Å². The molecule has 0 aromatic rings. The van der Waals surface area contributed by atoms with Gasteiger partial charge in [0.25, 0.3) is 0 Å². The van der Waals surface area contributed by atoms with Crippen molar-refractivity contribution < 1.29 is 4.74 Å². The summed E-state index contributed by atoms with van der Waals surface area (Å²) < 4.78 is 5.59. The van der Waals surface area contributed by atoms with E-state index >= 15 is 0 Å². The van der Waals surface area contributed by atoms with Gasteiger partial charge in [-0.15, -0.1) is 0 Å². The summed E-state index contributed by atoms with van der Waals surface area (Å²) in [6.45, 7) is 6.09. The zero-order chi connectivity index (χ0) is 13.6. The molecule has 0 saturated carbocycles. The van der Waals surface area contributed by atoms with Crippen LogP contribution in [0.25, 0.3) is 0 Å². The second-order valence-corrected chi connectivity index (χ2v) is 5.56. The van der Waals surface area contributed by atoms with E-state index in [9.17, 15) is 0 Å². The summed E-state index contributed by atoms with van der Waals surface area (Å²) in [7, 11) is 4.03. The van der Waals surface area contributed by atoms with Crippen LogP contribution in [0.3, 0.4) is 0 Å². The molecule has 0 aliphatic carbocycles. The molecule has 3 atom stereocenters. The maximum Gasteiger partial charge on any atom is 0.103 e. The molecule has 4 heteroatoms. The average molecular weight is 253 g/mol. The second-order valence-electron chi connectivity index (χ2n) is 5.56. The Morgan fingerprint density at radius 3 is 2.72 bits per heavy atom. The van der Waals surface area contributed by atoms with Gasteiger partial charge in [0.15, 0.2) is 0 Å². The zero-order valence-electron chi connectivity index (χ0n) is 12.2. The van der Waals surface area contributed by atoms with Gasteiger partial charge in [0.2, 0.25) is 0 Å². The van der Waals surface area contributed by atoms with Crippen molar-refractivity contribution in [3.05, 3.63) is 0 Å². The Hall–Kier alpha value is -0.630.